The minimum atomic E-state index is -4.37. The molecule has 130 valence electrons. The van der Waals surface area contributed by atoms with Gasteiger partial charge in [0.1, 0.15) is 17.7 Å². The van der Waals surface area contributed by atoms with Gasteiger partial charge in [-0.1, -0.05) is 0 Å². The number of halogens is 3. The summed E-state index contributed by atoms with van der Waals surface area (Å²) < 4.78 is 37.9. The molecule has 0 spiro atoms. The Hall–Kier alpha value is -2.91. The summed E-state index contributed by atoms with van der Waals surface area (Å²) in [6.45, 7) is 1.32. The maximum atomic E-state index is 12.6. The minimum absolute atomic E-state index is 0.102. The van der Waals surface area contributed by atoms with Crippen molar-refractivity contribution in [2.24, 2.45) is 0 Å². The number of aromatic amines is 1. The number of hydrogen-bond donors (Lipinski definition) is 2. The molecule has 2 N–H and O–H groups in total. The van der Waals surface area contributed by atoms with Crippen LogP contribution in [0.2, 0.25) is 0 Å². The van der Waals surface area contributed by atoms with Gasteiger partial charge in [-0.15, -0.1) is 0 Å². The SMILES string of the molecule is FC(F)(F)c1ccc(N2CCC(Nc3ncnc4nc[nH]c34)C2)nc1. The molecule has 4 heterocycles. The highest BCUT2D eigenvalue weighted by Gasteiger charge is 2.31. The Morgan fingerprint density at radius 1 is 1.16 bits per heavy atom. The zero-order valence-electron chi connectivity index (χ0n) is 13.0. The van der Waals surface area contributed by atoms with Crippen LogP contribution in [0.1, 0.15) is 12.0 Å². The van der Waals surface area contributed by atoms with Crippen LogP contribution >= 0.6 is 0 Å². The zero-order valence-corrected chi connectivity index (χ0v) is 13.0. The molecule has 7 nitrogen and oxygen atoms in total. The molecule has 1 aliphatic heterocycles. The molecule has 0 aliphatic carbocycles. The zero-order chi connectivity index (χ0) is 17.4. The number of H-pyrrole nitrogens is 1. The van der Waals surface area contributed by atoms with Gasteiger partial charge in [-0.3, -0.25) is 0 Å². The second kappa shape index (κ2) is 5.87. The lowest BCUT2D eigenvalue weighted by Crippen LogP contribution is -2.27. The molecule has 1 fully saturated rings. The average Bonchev–Trinajstić information content (AvgIpc) is 3.24. The predicted octanol–water partition coefficient (Wildman–Crippen LogP) is 2.46. The molecule has 10 heteroatoms. The summed E-state index contributed by atoms with van der Waals surface area (Å²) in [7, 11) is 0. The van der Waals surface area contributed by atoms with Crippen LogP contribution in [0.4, 0.5) is 24.8 Å². The third-order valence-electron chi connectivity index (χ3n) is 4.15. The smallest absolute Gasteiger partial charge is 0.364 e. The van der Waals surface area contributed by atoms with E-state index in [0.717, 1.165) is 24.2 Å². The maximum Gasteiger partial charge on any atom is 0.417 e. The van der Waals surface area contributed by atoms with E-state index in [1.807, 2.05) is 4.90 Å². The van der Waals surface area contributed by atoms with E-state index in [1.54, 1.807) is 6.33 Å². The van der Waals surface area contributed by atoms with E-state index in [2.05, 4.69) is 30.2 Å². The van der Waals surface area contributed by atoms with Gasteiger partial charge >= 0.3 is 6.18 Å². The first-order chi connectivity index (χ1) is 12.0. The Labute approximate surface area is 140 Å². The maximum absolute atomic E-state index is 12.6. The summed E-state index contributed by atoms with van der Waals surface area (Å²) in [6, 6.07) is 2.57. The van der Waals surface area contributed by atoms with Gasteiger partial charge in [0.25, 0.3) is 0 Å². The first kappa shape index (κ1) is 15.6. The van der Waals surface area contributed by atoms with E-state index in [0.29, 0.717) is 30.4 Å². The minimum Gasteiger partial charge on any atom is -0.364 e. The van der Waals surface area contributed by atoms with Crippen LogP contribution in [-0.4, -0.2) is 44.1 Å². The van der Waals surface area contributed by atoms with E-state index < -0.39 is 11.7 Å². The first-order valence-corrected chi connectivity index (χ1v) is 7.69. The molecule has 3 aromatic heterocycles. The Morgan fingerprint density at radius 2 is 2.04 bits per heavy atom. The third kappa shape index (κ3) is 3.06. The quantitative estimate of drug-likeness (QED) is 0.756. The highest BCUT2D eigenvalue weighted by molar-refractivity contribution is 5.82. The van der Waals surface area contributed by atoms with E-state index >= 15 is 0 Å². The Bertz CT molecular complexity index is 875. The van der Waals surface area contributed by atoms with Gasteiger partial charge in [0.2, 0.25) is 0 Å². The highest BCUT2D eigenvalue weighted by Crippen LogP contribution is 2.30. The topological polar surface area (TPSA) is 82.6 Å². The lowest BCUT2D eigenvalue weighted by molar-refractivity contribution is -0.137. The molecule has 0 amide bonds. The number of nitrogens with zero attached hydrogens (tertiary/aromatic N) is 5. The fraction of sp³-hybridized carbons (Fsp3) is 0.333. The highest BCUT2D eigenvalue weighted by atomic mass is 19.4. The van der Waals surface area contributed by atoms with Crippen molar-refractivity contribution in [2.75, 3.05) is 23.3 Å². The molecule has 1 aliphatic rings. The summed E-state index contributed by atoms with van der Waals surface area (Å²) in [5, 5.41) is 3.33. The number of aromatic nitrogens is 5. The standard InChI is InChI=1S/C15H14F3N7/c16-15(17,18)9-1-2-11(19-5-9)25-4-3-10(6-25)24-14-12-13(21-7-20-12)22-8-23-14/h1-2,5,7-8,10H,3-4,6H2,(H2,20,21,22,23,24). The van der Waals surface area contributed by atoms with Gasteiger partial charge in [0, 0.05) is 25.3 Å². The van der Waals surface area contributed by atoms with Crippen LogP contribution < -0.4 is 10.2 Å². The number of imidazole rings is 1. The molecule has 25 heavy (non-hydrogen) atoms. The van der Waals surface area contributed by atoms with Crippen LogP contribution in [0.3, 0.4) is 0 Å². The molecule has 0 saturated carbocycles. The van der Waals surface area contributed by atoms with E-state index in [9.17, 15) is 13.2 Å². The lowest BCUT2D eigenvalue weighted by Gasteiger charge is -2.18. The number of rotatable bonds is 3. The fourth-order valence-corrected chi connectivity index (χ4v) is 2.89. The predicted molar refractivity (Wildman–Crippen MR) is 85.2 cm³/mol. The molecule has 1 saturated heterocycles. The molecular weight excluding hydrogens is 335 g/mol. The van der Waals surface area contributed by atoms with Gasteiger partial charge in [-0.2, -0.15) is 13.2 Å². The summed E-state index contributed by atoms with van der Waals surface area (Å²) in [5.74, 6) is 1.20. The summed E-state index contributed by atoms with van der Waals surface area (Å²) in [4.78, 5) is 21.3. The van der Waals surface area contributed by atoms with Gasteiger partial charge in [-0.25, -0.2) is 19.9 Å². The fourth-order valence-electron chi connectivity index (χ4n) is 2.89. The van der Waals surface area contributed by atoms with Crippen molar-refractivity contribution in [2.45, 2.75) is 18.6 Å². The normalized spacial score (nSPS) is 18.0. The number of alkyl halides is 3. The van der Waals surface area contributed by atoms with Crippen LogP contribution in [0.25, 0.3) is 11.2 Å². The van der Waals surface area contributed by atoms with Crippen LogP contribution in [0.5, 0.6) is 0 Å². The summed E-state index contributed by atoms with van der Waals surface area (Å²) in [5.41, 5.74) is 0.568. The van der Waals surface area contributed by atoms with Crippen molar-refractivity contribution in [3.05, 3.63) is 36.5 Å². The van der Waals surface area contributed by atoms with Crippen molar-refractivity contribution in [1.29, 1.82) is 0 Å². The van der Waals surface area contributed by atoms with E-state index in [-0.39, 0.29) is 6.04 Å². The van der Waals surface area contributed by atoms with Crippen molar-refractivity contribution >= 4 is 22.8 Å². The van der Waals surface area contributed by atoms with Crippen molar-refractivity contribution in [3.63, 3.8) is 0 Å². The third-order valence-corrected chi connectivity index (χ3v) is 4.15. The molecule has 0 aromatic carbocycles. The van der Waals surface area contributed by atoms with Crippen LogP contribution in [0.15, 0.2) is 31.0 Å². The molecule has 1 unspecified atom stereocenters. The van der Waals surface area contributed by atoms with E-state index in [4.69, 9.17) is 0 Å². The average molecular weight is 349 g/mol. The second-order valence-corrected chi connectivity index (χ2v) is 5.80. The number of anilines is 2. The Balaban J connectivity index is 1.45. The summed E-state index contributed by atoms with van der Waals surface area (Å²) in [6.07, 6.45) is 0.313. The van der Waals surface area contributed by atoms with Crippen LogP contribution in [-0.2, 0) is 6.18 Å². The van der Waals surface area contributed by atoms with Crippen molar-refractivity contribution < 1.29 is 13.2 Å². The second-order valence-electron chi connectivity index (χ2n) is 5.80. The van der Waals surface area contributed by atoms with Gasteiger partial charge in [0.15, 0.2) is 11.5 Å². The first-order valence-electron chi connectivity index (χ1n) is 7.69. The van der Waals surface area contributed by atoms with Gasteiger partial charge in [0.05, 0.1) is 11.9 Å². The lowest BCUT2D eigenvalue weighted by atomic mass is 10.2. The number of hydrogen-bond acceptors (Lipinski definition) is 6. The molecule has 4 rings (SSSR count). The largest absolute Gasteiger partial charge is 0.417 e. The molecule has 1 atom stereocenters. The van der Waals surface area contributed by atoms with E-state index in [1.165, 1.54) is 12.4 Å². The number of nitrogens with one attached hydrogen (secondary N) is 2. The van der Waals surface area contributed by atoms with Crippen LogP contribution in [0, 0.1) is 0 Å². The van der Waals surface area contributed by atoms with Gasteiger partial charge in [-0.05, 0) is 18.6 Å². The van der Waals surface area contributed by atoms with Crippen molar-refractivity contribution in [3.8, 4) is 0 Å². The Morgan fingerprint density at radius 3 is 2.80 bits per heavy atom. The Kier molecular flexibility index (Phi) is 3.66. The molecule has 0 bridgehead atoms. The molecule has 0 radical (unpaired) electrons. The number of pyridine rings is 1. The number of fused-ring (bicyclic) bond motifs is 1. The molecule has 3 aromatic rings. The van der Waals surface area contributed by atoms with Crippen molar-refractivity contribution in [1.82, 2.24) is 24.9 Å². The van der Waals surface area contributed by atoms with Gasteiger partial charge < -0.3 is 15.2 Å². The monoisotopic (exact) mass is 349 g/mol. The molecular formula is C15H14F3N7. The summed E-state index contributed by atoms with van der Waals surface area (Å²) >= 11 is 0.